The zero-order valence-corrected chi connectivity index (χ0v) is 25.4. The molecule has 0 aliphatic heterocycles. The molecule has 1 aromatic rings. The number of benzene rings is 1. The molecular weight excluding hydrogens is 456 g/mol. The number of ketones is 2. The SMILES string of the molecule is CC(C)[Si](OC1=C(O[Si](C(C)C)(C(C)C)C(C)C)C(=O)c2ccccc2C1=O)(C(C)C)C(C)C. The molecule has 0 radical (unpaired) electrons. The number of Topliss-reactive ketones (excluding diaryl/α,β-unsaturated/α-hetero) is 2. The fourth-order valence-corrected chi connectivity index (χ4v) is 17.1. The van der Waals surface area contributed by atoms with Gasteiger partial charge in [0.25, 0.3) is 16.6 Å². The van der Waals surface area contributed by atoms with Crippen molar-refractivity contribution < 1.29 is 18.4 Å². The van der Waals surface area contributed by atoms with Crippen LogP contribution in [0.3, 0.4) is 0 Å². The van der Waals surface area contributed by atoms with Gasteiger partial charge in [0.15, 0.2) is 11.5 Å². The summed E-state index contributed by atoms with van der Waals surface area (Å²) in [6.07, 6.45) is 0. The van der Waals surface area contributed by atoms with Crippen LogP contribution in [0.25, 0.3) is 0 Å². The summed E-state index contributed by atoms with van der Waals surface area (Å²) in [6.45, 7) is 26.2. The molecule has 0 fully saturated rings. The quantitative estimate of drug-likeness (QED) is 0.300. The van der Waals surface area contributed by atoms with Gasteiger partial charge in [0.1, 0.15) is 0 Å². The topological polar surface area (TPSA) is 52.6 Å². The molecule has 1 aromatic carbocycles. The summed E-state index contributed by atoms with van der Waals surface area (Å²) in [5.41, 5.74) is 2.44. The fraction of sp³-hybridized carbons (Fsp3) is 0.643. The first-order chi connectivity index (χ1) is 15.7. The van der Waals surface area contributed by atoms with Crippen molar-refractivity contribution in [2.75, 3.05) is 0 Å². The van der Waals surface area contributed by atoms with Crippen molar-refractivity contribution >= 4 is 28.2 Å². The predicted octanol–water partition coefficient (Wildman–Crippen LogP) is 8.66. The van der Waals surface area contributed by atoms with Crippen LogP contribution >= 0.6 is 0 Å². The van der Waals surface area contributed by atoms with Crippen LogP contribution in [-0.4, -0.2) is 28.2 Å². The molecule has 0 bridgehead atoms. The average Bonchev–Trinajstić information content (AvgIpc) is 2.73. The van der Waals surface area contributed by atoms with E-state index < -0.39 is 16.6 Å². The molecule has 0 atom stereocenters. The summed E-state index contributed by atoms with van der Waals surface area (Å²) < 4.78 is 13.9. The Morgan fingerprint density at radius 2 is 0.735 bits per heavy atom. The van der Waals surface area contributed by atoms with Gasteiger partial charge in [0, 0.05) is 11.1 Å². The highest BCUT2D eigenvalue weighted by molar-refractivity contribution is 6.79. The van der Waals surface area contributed by atoms with E-state index in [2.05, 4.69) is 83.1 Å². The Hall–Kier alpha value is -1.67. The van der Waals surface area contributed by atoms with Crippen molar-refractivity contribution in [3.8, 4) is 0 Å². The van der Waals surface area contributed by atoms with Crippen LogP contribution in [0.4, 0.5) is 0 Å². The van der Waals surface area contributed by atoms with Gasteiger partial charge in [-0.2, -0.15) is 0 Å². The number of rotatable bonds is 10. The van der Waals surface area contributed by atoms with E-state index in [1.54, 1.807) is 24.3 Å². The van der Waals surface area contributed by atoms with Gasteiger partial charge >= 0.3 is 0 Å². The molecule has 2 rings (SSSR count). The summed E-state index contributed by atoms with van der Waals surface area (Å²) in [7, 11) is -5.00. The highest BCUT2D eigenvalue weighted by atomic mass is 28.4. The maximum Gasteiger partial charge on any atom is 0.259 e. The highest BCUT2D eigenvalue weighted by Gasteiger charge is 2.53. The van der Waals surface area contributed by atoms with Crippen molar-refractivity contribution in [3.05, 3.63) is 46.9 Å². The lowest BCUT2D eigenvalue weighted by Crippen LogP contribution is -2.51. The second kappa shape index (κ2) is 10.5. The lowest BCUT2D eigenvalue weighted by atomic mass is 9.92. The molecular formula is C28H46O4Si2. The lowest BCUT2D eigenvalue weighted by Gasteiger charge is -2.45. The monoisotopic (exact) mass is 502 g/mol. The normalized spacial score (nSPS) is 15.5. The molecule has 0 saturated heterocycles. The molecule has 34 heavy (non-hydrogen) atoms. The third-order valence-corrected chi connectivity index (χ3v) is 20.0. The summed E-state index contributed by atoms with van der Waals surface area (Å²) >= 11 is 0. The Morgan fingerprint density at radius 1 is 0.500 bits per heavy atom. The van der Waals surface area contributed by atoms with Crippen LogP contribution in [0.2, 0.25) is 33.2 Å². The van der Waals surface area contributed by atoms with Crippen molar-refractivity contribution in [3.63, 3.8) is 0 Å². The summed E-state index contributed by atoms with van der Waals surface area (Å²) in [4.78, 5) is 27.9. The number of hydrogen-bond acceptors (Lipinski definition) is 4. The van der Waals surface area contributed by atoms with E-state index in [-0.39, 0.29) is 56.3 Å². The van der Waals surface area contributed by atoms with Gasteiger partial charge in [-0.15, -0.1) is 0 Å². The molecule has 0 aromatic heterocycles. The molecule has 0 saturated carbocycles. The van der Waals surface area contributed by atoms with E-state index in [4.69, 9.17) is 8.85 Å². The van der Waals surface area contributed by atoms with Crippen LogP contribution in [0.15, 0.2) is 35.8 Å². The van der Waals surface area contributed by atoms with Crippen LogP contribution < -0.4 is 0 Å². The van der Waals surface area contributed by atoms with Gasteiger partial charge < -0.3 is 8.85 Å². The van der Waals surface area contributed by atoms with Crippen molar-refractivity contribution in [2.45, 2.75) is 116 Å². The smallest absolute Gasteiger partial charge is 0.259 e. The molecule has 6 heteroatoms. The van der Waals surface area contributed by atoms with Gasteiger partial charge in [-0.3, -0.25) is 9.59 Å². The predicted molar refractivity (Wildman–Crippen MR) is 146 cm³/mol. The zero-order chi connectivity index (χ0) is 26.2. The minimum absolute atomic E-state index is 0.158. The van der Waals surface area contributed by atoms with E-state index in [0.29, 0.717) is 11.1 Å². The Balaban J connectivity index is 2.87. The molecule has 0 spiro atoms. The number of carbonyl (C=O) groups is 2. The zero-order valence-electron chi connectivity index (χ0n) is 23.4. The first-order valence-electron chi connectivity index (χ1n) is 13.0. The molecule has 4 nitrogen and oxygen atoms in total. The maximum absolute atomic E-state index is 13.9. The lowest BCUT2D eigenvalue weighted by molar-refractivity contribution is 0.0884. The third-order valence-electron chi connectivity index (χ3n) is 8.01. The average molecular weight is 503 g/mol. The van der Waals surface area contributed by atoms with E-state index in [1.165, 1.54) is 0 Å². The molecule has 1 aliphatic rings. The third kappa shape index (κ3) is 4.60. The van der Waals surface area contributed by atoms with Gasteiger partial charge in [-0.25, -0.2) is 0 Å². The number of hydrogen-bond donors (Lipinski definition) is 0. The Morgan fingerprint density at radius 3 is 0.941 bits per heavy atom. The van der Waals surface area contributed by atoms with Crippen LogP contribution in [0.5, 0.6) is 0 Å². The Bertz CT molecular complexity index is 823. The molecule has 190 valence electrons. The summed E-state index contributed by atoms with van der Waals surface area (Å²) in [5, 5.41) is 0. The van der Waals surface area contributed by atoms with Crippen molar-refractivity contribution in [1.82, 2.24) is 0 Å². The molecule has 0 unspecified atom stereocenters. The van der Waals surface area contributed by atoms with Gasteiger partial charge in [-0.05, 0) is 33.2 Å². The van der Waals surface area contributed by atoms with E-state index in [0.717, 1.165) is 0 Å². The van der Waals surface area contributed by atoms with Crippen LogP contribution in [-0.2, 0) is 8.85 Å². The number of allylic oxidation sites excluding steroid dienone is 2. The van der Waals surface area contributed by atoms with Crippen LogP contribution in [0.1, 0.15) is 104 Å². The molecule has 0 N–H and O–H groups in total. The fourth-order valence-electron chi connectivity index (χ4n) is 6.58. The minimum Gasteiger partial charge on any atom is -0.537 e. The minimum atomic E-state index is -2.50. The molecule has 1 aliphatic carbocycles. The molecule has 0 heterocycles. The highest BCUT2D eigenvalue weighted by Crippen LogP contribution is 2.48. The van der Waals surface area contributed by atoms with E-state index >= 15 is 0 Å². The van der Waals surface area contributed by atoms with Crippen molar-refractivity contribution in [1.29, 1.82) is 0 Å². The van der Waals surface area contributed by atoms with Gasteiger partial charge in [0.2, 0.25) is 11.6 Å². The second-order valence-corrected chi connectivity index (χ2v) is 22.5. The number of fused-ring (bicyclic) bond motifs is 1. The van der Waals surface area contributed by atoms with Gasteiger partial charge in [0.05, 0.1) is 0 Å². The van der Waals surface area contributed by atoms with Gasteiger partial charge in [-0.1, -0.05) is 107 Å². The first kappa shape index (κ1) is 28.6. The summed E-state index contributed by atoms with van der Waals surface area (Å²) in [5.74, 6) is -0.123. The Kier molecular flexibility index (Phi) is 8.85. The first-order valence-corrected chi connectivity index (χ1v) is 17.2. The Labute approximate surface area is 209 Å². The second-order valence-electron chi connectivity index (χ2n) is 11.7. The van der Waals surface area contributed by atoms with Crippen LogP contribution in [0, 0.1) is 0 Å². The van der Waals surface area contributed by atoms with E-state index in [9.17, 15) is 9.59 Å². The van der Waals surface area contributed by atoms with E-state index in [1.807, 2.05) is 0 Å². The summed E-state index contributed by atoms with van der Waals surface area (Å²) in [6, 6.07) is 7.08. The molecule has 0 amide bonds. The number of carbonyl (C=O) groups excluding carboxylic acids is 2. The maximum atomic E-state index is 13.9. The largest absolute Gasteiger partial charge is 0.537 e. The van der Waals surface area contributed by atoms with Crippen molar-refractivity contribution in [2.24, 2.45) is 0 Å². The standard InChI is InChI=1S/C28H46O4Si2/c1-17(2)33(18(3)4,19(5)6)31-27-25(29)23-15-13-14-16-24(23)26(30)28(27)32-34(20(7)8,21(9)10)22(11)12/h13-22H,1-12H3.